The van der Waals surface area contributed by atoms with Gasteiger partial charge in [0.05, 0.1) is 24.5 Å². The van der Waals surface area contributed by atoms with Gasteiger partial charge >= 0.3 is 5.96 Å². The molecule has 0 aliphatic heterocycles. The van der Waals surface area contributed by atoms with Crippen molar-refractivity contribution in [3.8, 4) is 0 Å². The summed E-state index contributed by atoms with van der Waals surface area (Å²) in [5.41, 5.74) is 34.1. The van der Waals surface area contributed by atoms with Gasteiger partial charge in [-0.15, -0.1) is 0 Å². The van der Waals surface area contributed by atoms with Gasteiger partial charge in [-0.1, -0.05) is 0 Å². The van der Waals surface area contributed by atoms with Crippen molar-refractivity contribution >= 4 is 23.6 Å². The number of aliphatic hydroxyl groups is 1. The van der Waals surface area contributed by atoms with E-state index in [4.69, 9.17) is 34.4 Å². The van der Waals surface area contributed by atoms with Crippen LogP contribution in [0.15, 0.2) is 28.3 Å². The van der Waals surface area contributed by atoms with Crippen molar-refractivity contribution in [3.63, 3.8) is 0 Å². The Morgan fingerprint density at radius 1 is 1.07 bits per heavy atom. The molecule has 0 radical (unpaired) electrons. The maximum atomic E-state index is 10.6. The first-order valence-electron chi connectivity index (χ1n) is 8.67. The molecule has 1 fully saturated rings. The minimum Gasteiger partial charge on any atom is -0.393 e. The summed E-state index contributed by atoms with van der Waals surface area (Å²) in [5, 5.41) is 10.6. The lowest BCUT2D eigenvalue weighted by Gasteiger charge is -2.37. The zero-order valence-electron chi connectivity index (χ0n) is 15.1. The van der Waals surface area contributed by atoms with Gasteiger partial charge in [0.25, 0.3) is 0 Å². The molecule has 14 N–H and O–H groups in total. The highest BCUT2D eigenvalue weighted by Gasteiger charge is 2.37. The molecule has 0 saturated heterocycles. The quantitative estimate of drug-likeness (QED) is 0.180. The minimum absolute atomic E-state index is 0.00759. The van der Waals surface area contributed by atoms with Gasteiger partial charge in [0.15, 0.2) is 11.9 Å². The van der Waals surface area contributed by atoms with Crippen molar-refractivity contribution < 1.29 is 10.1 Å². The number of nitrogens with two attached hydrogens (primary N) is 6. The summed E-state index contributed by atoms with van der Waals surface area (Å²) in [5.74, 6) is 0.194. The predicted octanol–water partition coefficient (Wildman–Crippen LogP) is -3.92. The normalized spacial score (nSPS) is 24.6. The minimum atomic E-state index is -0.531. The second-order valence-electron chi connectivity index (χ2n) is 6.75. The Morgan fingerprint density at radius 3 is 2.37 bits per heavy atom. The Balaban J connectivity index is 2.22. The topological polar surface area (TPSA) is 228 Å². The molecule has 1 aliphatic carbocycles. The fourth-order valence-electron chi connectivity index (χ4n) is 3.44. The second kappa shape index (κ2) is 9.03. The van der Waals surface area contributed by atoms with E-state index in [1.54, 1.807) is 12.3 Å². The van der Waals surface area contributed by atoms with Crippen LogP contribution in [-0.4, -0.2) is 47.2 Å². The number of nitrogens with zero attached hydrogens (tertiary/aromatic N) is 3. The SMILES string of the molecule is NC(N)=NC[C@H]1C[C@@H](C[NH+]=C(N)N)[C@H](O)C[C@@H]1c1ccc(N=C(N)N)cn1. The maximum absolute atomic E-state index is 10.6. The largest absolute Gasteiger partial charge is 0.393 e. The van der Waals surface area contributed by atoms with Crippen LogP contribution in [0.3, 0.4) is 0 Å². The molecule has 11 heteroatoms. The smallest absolute Gasteiger partial charge is 0.338 e. The van der Waals surface area contributed by atoms with Crippen LogP contribution in [-0.2, 0) is 0 Å². The summed E-state index contributed by atoms with van der Waals surface area (Å²) in [7, 11) is 0. The molecular formula is C16H29N10O+. The second-order valence-corrected chi connectivity index (χ2v) is 6.75. The van der Waals surface area contributed by atoms with Crippen molar-refractivity contribution in [3.05, 3.63) is 24.0 Å². The zero-order valence-corrected chi connectivity index (χ0v) is 15.1. The van der Waals surface area contributed by atoms with Gasteiger partial charge in [-0.25, -0.2) is 4.99 Å². The molecule has 1 aliphatic rings. The van der Waals surface area contributed by atoms with Crippen LogP contribution in [0.25, 0.3) is 0 Å². The number of aliphatic hydroxyl groups excluding tert-OH is 1. The molecule has 11 nitrogen and oxygen atoms in total. The monoisotopic (exact) mass is 377 g/mol. The van der Waals surface area contributed by atoms with E-state index in [0.29, 0.717) is 31.6 Å². The Bertz CT molecular complexity index is 702. The maximum Gasteiger partial charge on any atom is 0.338 e. The van der Waals surface area contributed by atoms with E-state index >= 15 is 0 Å². The van der Waals surface area contributed by atoms with Crippen LogP contribution in [0.4, 0.5) is 5.69 Å². The van der Waals surface area contributed by atoms with E-state index in [1.807, 2.05) is 6.07 Å². The molecule has 1 heterocycles. The summed E-state index contributed by atoms with van der Waals surface area (Å²) in [4.78, 5) is 15.5. The van der Waals surface area contributed by atoms with Crippen molar-refractivity contribution in [1.29, 1.82) is 0 Å². The molecule has 1 aromatic heterocycles. The van der Waals surface area contributed by atoms with Crippen LogP contribution in [0.1, 0.15) is 24.5 Å². The van der Waals surface area contributed by atoms with Crippen LogP contribution in [0.5, 0.6) is 0 Å². The highest BCUT2D eigenvalue weighted by atomic mass is 16.3. The Morgan fingerprint density at radius 2 is 1.81 bits per heavy atom. The van der Waals surface area contributed by atoms with Gasteiger partial charge in [0.1, 0.15) is 0 Å². The number of hydrogen-bond acceptors (Lipinski definition) is 4. The lowest BCUT2D eigenvalue weighted by atomic mass is 9.71. The van der Waals surface area contributed by atoms with Gasteiger partial charge in [-0.2, -0.15) is 0 Å². The number of rotatable bonds is 6. The van der Waals surface area contributed by atoms with Gasteiger partial charge in [0, 0.05) is 24.1 Å². The standard InChI is InChI=1S/C16H28N10O/c17-14(18)24-5-8-3-9(6-25-15(19)20)13(27)4-11(8)12-2-1-10(7-23-12)26-16(21)22/h1-2,7-9,11,13,27H,3-6H2,(H4,17,18,24)(H4,19,20,25)(H4,21,22,26)/p+1/t8-,9+,11+,13-/m1/s1. The third kappa shape index (κ3) is 5.99. The van der Waals surface area contributed by atoms with E-state index in [9.17, 15) is 5.11 Å². The zero-order chi connectivity index (χ0) is 20.0. The molecule has 1 aromatic rings. The van der Waals surface area contributed by atoms with Crippen LogP contribution >= 0.6 is 0 Å². The molecule has 1 saturated carbocycles. The van der Waals surface area contributed by atoms with Crippen molar-refractivity contribution in [2.45, 2.75) is 24.9 Å². The molecule has 0 spiro atoms. The number of nitrogens with one attached hydrogen (secondary N) is 1. The fourth-order valence-corrected chi connectivity index (χ4v) is 3.44. The summed E-state index contributed by atoms with van der Waals surface area (Å²) >= 11 is 0. The molecule has 27 heavy (non-hydrogen) atoms. The molecule has 0 unspecified atom stereocenters. The molecule has 148 valence electrons. The number of aliphatic imine (C=N–C) groups is 2. The van der Waals surface area contributed by atoms with Gasteiger partial charge < -0.3 is 28.0 Å². The van der Waals surface area contributed by atoms with Crippen molar-refractivity contribution in [2.75, 3.05) is 13.1 Å². The third-order valence-corrected chi connectivity index (χ3v) is 4.70. The van der Waals surface area contributed by atoms with Crippen molar-refractivity contribution in [1.82, 2.24) is 4.98 Å². The molecular weight excluding hydrogens is 348 g/mol. The average Bonchev–Trinajstić information content (AvgIpc) is 2.59. The predicted molar refractivity (Wildman–Crippen MR) is 105 cm³/mol. The lowest BCUT2D eigenvalue weighted by Crippen LogP contribution is -2.80. The van der Waals surface area contributed by atoms with Gasteiger partial charge in [0.2, 0.25) is 0 Å². The van der Waals surface area contributed by atoms with E-state index in [0.717, 1.165) is 5.69 Å². The summed E-state index contributed by atoms with van der Waals surface area (Å²) in [6.07, 6.45) is 2.28. The fraction of sp³-hybridized carbons (Fsp3) is 0.500. The van der Waals surface area contributed by atoms with Crippen LogP contribution in [0.2, 0.25) is 0 Å². The third-order valence-electron chi connectivity index (χ3n) is 4.70. The molecule has 0 aromatic carbocycles. The first kappa shape index (κ1) is 20.2. The van der Waals surface area contributed by atoms with Gasteiger partial charge in [-0.05, 0) is 30.9 Å². The molecule has 0 amide bonds. The van der Waals surface area contributed by atoms with E-state index in [2.05, 4.69) is 20.0 Å². The number of guanidine groups is 3. The Hall–Kier alpha value is -3.08. The Labute approximate surface area is 157 Å². The molecule has 2 rings (SSSR count). The van der Waals surface area contributed by atoms with Gasteiger partial charge in [-0.3, -0.25) is 26.4 Å². The highest BCUT2D eigenvalue weighted by Crippen LogP contribution is 2.40. The number of aromatic nitrogens is 1. The van der Waals surface area contributed by atoms with E-state index < -0.39 is 6.10 Å². The van der Waals surface area contributed by atoms with E-state index in [-0.39, 0.29) is 35.6 Å². The first-order chi connectivity index (χ1) is 12.8. The lowest BCUT2D eigenvalue weighted by molar-refractivity contribution is -0.472. The number of pyridine rings is 1. The Kier molecular flexibility index (Phi) is 6.77. The molecule has 4 atom stereocenters. The van der Waals surface area contributed by atoms with Crippen LogP contribution in [0, 0.1) is 11.8 Å². The summed E-state index contributed by atoms with van der Waals surface area (Å²) < 4.78 is 0. The van der Waals surface area contributed by atoms with Crippen LogP contribution < -0.4 is 39.4 Å². The summed E-state index contributed by atoms with van der Waals surface area (Å²) in [6.45, 7) is 0.917. The van der Waals surface area contributed by atoms with Crippen molar-refractivity contribution in [2.24, 2.45) is 56.2 Å². The first-order valence-corrected chi connectivity index (χ1v) is 8.67. The average molecular weight is 377 g/mol. The van der Waals surface area contributed by atoms with E-state index in [1.165, 1.54) is 0 Å². The summed E-state index contributed by atoms with van der Waals surface area (Å²) in [6, 6.07) is 3.63. The highest BCUT2D eigenvalue weighted by molar-refractivity contribution is 5.78. The number of hydrogen-bond donors (Lipinski definition) is 8. The molecule has 0 bridgehead atoms.